The lowest BCUT2D eigenvalue weighted by Crippen LogP contribution is -2.27. The molecule has 4 nitrogen and oxygen atoms in total. The third-order valence-corrected chi connectivity index (χ3v) is 5.05. The number of hydrogen-bond donors (Lipinski definition) is 2. The van der Waals surface area contributed by atoms with E-state index in [1.54, 1.807) is 24.3 Å². The van der Waals surface area contributed by atoms with Crippen LogP contribution < -0.4 is 10.6 Å². The van der Waals surface area contributed by atoms with Crippen molar-refractivity contribution >= 4 is 28.8 Å². The number of para-hydroxylation sites is 1. The van der Waals surface area contributed by atoms with Gasteiger partial charge in [0.05, 0.1) is 16.1 Å². The Kier molecular flexibility index (Phi) is 5.81. The summed E-state index contributed by atoms with van der Waals surface area (Å²) in [6.45, 7) is 2.43. The second-order valence-electron chi connectivity index (χ2n) is 5.92. The molecule has 26 heavy (non-hydrogen) atoms. The number of thiophene rings is 1. The predicted molar refractivity (Wildman–Crippen MR) is 106 cm³/mol. The lowest BCUT2D eigenvalue weighted by molar-refractivity contribution is 0.0955. The van der Waals surface area contributed by atoms with Gasteiger partial charge in [0, 0.05) is 6.54 Å². The maximum atomic E-state index is 12.5. The standard InChI is InChI=1S/C21H20N2O2S/c1-15-12-14-26-19(15)21(25)23-18-10-6-5-9-17(18)20(24)22-13-11-16-7-3-2-4-8-16/h2-10,12,14H,11,13H2,1H3,(H,22,24)(H,23,25). The van der Waals surface area contributed by atoms with Crippen LogP contribution in [0.25, 0.3) is 0 Å². The molecule has 3 aromatic rings. The molecule has 0 saturated carbocycles. The summed E-state index contributed by atoms with van der Waals surface area (Å²) in [5.41, 5.74) is 3.07. The Labute approximate surface area is 156 Å². The molecular formula is C21H20N2O2S. The summed E-state index contributed by atoms with van der Waals surface area (Å²) in [4.78, 5) is 25.6. The van der Waals surface area contributed by atoms with Crippen molar-refractivity contribution in [1.29, 1.82) is 0 Å². The number of benzene rings is 2. The molecule has 0 aliphatic rings. The molecule has 5 heteroatoms. The molecule has 2 aromatic carbocycles. The van der Waals surface area contributed by atoms with E-state index in [1.807, 2.05) is 48.7 Å². The molecule has 0 unspecified atom stereocenters. The Morgan fingerprint density at radius 1 is 0.923 bits per heavy atom. The molecule has 132 valence electrons. The van der Waals surface area contributed by atoms with Crippen molar-refractivity contribution in [3.63, 3.8) is 0 Å². The van der Waals surface area contributed by atoms with Crippen LogP contribution in [0.4, 0.5) is 5.69 Å². The van der Waals surface area contributed by atoms with Crippen LogP contribution in [0.15, 0.2) is 66.0 Å². The van der Waals surface area contributed by atoms with Crippen LogP contribution in [0.1, 0.15) is 31.2 Å². The summed E-state index contributed by atoms with van der Waals surface area (Å²) >= 11 is 1.39. The summed E-state index contributed by atoms with van der Waals surface area (Å²) in [7, 11) is 0. The van der Waals surface area contributed by atoms with Crippen molar-refractivity contribution < 1.29 is 9.59 Å². The third kappa shape index (κ3) is 4.37. The lowest BCUT2D eigenvalue weighted by atomic mass is 10.1. The van der Waals surface area contributed by atoms with E-state index in [1.165, 1.54) is 16.9 Å². The van der Waals surface area contributed by atoms with Crippen LogP contribution in [-0.2, 0) is 6.42 Å². The van der Waals surface area contributed by atoms with Crippen LogP contribution in [-0.4, -0.2) is 18.4 Å². The average molecular weight is 364 g/mol. The van der Waals surface area contributed by atoms with Crippen LogP contribution in [0, 0.1) is 6.92 Å². The van der Waals surface area contributed by atoms with Gasteiger partial charge in [-0.25, -0.2) is 0 Å². The topological polar surface area (TPSA) is 58.2 Å². The van der Waals surface area contributed by atoms with Gasteiger partial charge in [-0.15, -0.1) is 11.3 Å². The average Bonchev–Trinajstić information content (AvgIpc) is 3.09. The fraction of sp³-hybridized carbons (Fsp3) is 0.143. The highest BCUT2D eigenvalue weighted by Crippen LogP contribution is 2.20. The number of anilines is 1. The minimum absolute atomic E-state index is 0.193. The van der Waals surface area contributed by atoms with E-state index < -0.39 is 0 Å². The molecule has 3 rings (SSSR count). The number of aryl methyl sites for hydroxylation is 1. The van der Waals surface area contributed by atoms with Crippen LogP contribution >= 0.6 is 11.3 Å². The SMILES string of the molecule is Cc1ccsc1C(=O)Nc1ccccc1C(=O)NCCc1ccccc1. The minimum Gasteiger partial charge on any atom is -0.352 e. The molecule has 0 aliphatic heterocycles. The highest BCUT2D eigenvalue weighted by molar-refractivity contribution is 7.12. The zero-order valence-corrected chi connectivity index (χ0v) is 15.3. The largest absolute Gasteiger partial charge is 0.352 e. The van der Waals surface area contributed by atoms with Gasteiger partial charge in [0.2, 0.25) is 0 Å². The Bertz CT molecular complexity index is 903. The Morgan fingerprint density at radius 3 is 2.38 bits per heavy atom. The highest BCUT2D eigenvalue weighted by Gasteiger charge is 2.15. The second kappa shape index (κ2) is 8.45. The molecule has 2 amide bonds. The van der Waals surface area contributed by atoms with Gasteiger partial charge in [-0.05, 0) is 48.1 Å². The Morgan fingerprint density at radius 2 is 1.65 bits per heavy atom. The van der Waals surface area contributed by atoms with E-state index in [0.29, 0.717) is 22.7 Å². The second-order valence-corrected chi connectivity index (χ2v) is 6.84. The number of carbonyl (C=O) groups excluding carboxylic acids is 2. The number of nitrogens with one attached hydrogen (secondary N) is 2. The molecule has 0 radical (unpaired) electrons. The van der Waals surface area contributed by atoms with Gasteiger partial charge in [-0.3, -0.25) is 9.59 Å². The number of amides is 2. The minimum atomic E-state index is -0.195. The molecule has 1 heterocycles. The van der Waals surface area contributed by atoms with E-state index in [4.69, 9.17) is 0 Å². The van der Waals surface area contributed by atoms with E-state index in [9.17, 15) is 9.59 Å². The van der Waals surface area contributed by atoms with Gasteiger partial charge in [-0.1, -0.05) is 42.5 Å². The zero-order chi connectivity index (χ0) is 18.4. The van der Waals surface area contributed by atoms with E-state index in [0.717, 1.165) is 12.0 Å². The van der Waals surface area contributed by atoms with Crippen molar-refractivity contribution in [3.05, 3.63) is 87.6 Å². The van der Waals surface area contributed by atoms with Crippen molar-refractivity contribution in [3.8, 4) is 0 Å². The van der Waals surface area contributed by atoms with Gasteiger partial charge in [0.15, 0.2) is 0 Å². The smallest absolute Gasteiger partial charge is 0.266 e. The maximum Gasteiger partial charge on any atom is 0.266 e. The fourth-order valence-corrected chi connectivity index (χ4v) is 3.46. The van der Waals surface area contributed by atoms with E-state index >= 15 is 0 Å². The van der Waals surface area contributed by atoms with Crippen LogP contribution in [0.2, 0.25) is 0 Å². The first-order valence-electron chi connectivity index (χ1n) is 8.42. The van der Waals surface area contributed by atoms with E-state index in [-0.39, 0.29) is 11.8 Å². The van der Waals surface area contributed by atoms with Gasteiger partial charge in [0.1, 0.15) is 0 Å². The zero-order valence-electron chi connectivity index (χ0n) is 14.5. The Balaban J connectivity index is 1.65. The van der Waals surface area contributed by atoms with Gasteiger partial charge >= 0.3 is 0 Å². The van der Waals surface area contributed by atoms with Crippen molar-refractivity contribution in [1.82, 2.24) is 5.32 Å². The summed E-state index contributed by atoms with van der Waals surface area (Å²) in [6, 6.07) is 19.0. The van der Waals surface area contributed by atoms with E-state index in [2.05, 4.69) is 10.6 Å². The van der Waals surface area contributed by atoms with Crippen LogP contribution in [0.3, 0.4) is 0 Å². The molecule has 1 aromatic heterocycles. The third-order valence-electron chi connectivity index (χ3n) is 4.03. The maximum absolute atomic E-state index is 12.5. The molecular weight excluding hydrogens is 344 g/mol. The van der Waals surface area contributed by atoms with Gasteiger partial charge < -0.3 is 10.6 Å². The van der Waals surface area contributed by atoms with Crippen molar-refractivity contribution in [2.24, 2.45) is 0 Å². The van der Waals surface area contributed by atoms with Crippen molar-refractivity contribution in [2.45, 2.75) is 13.3 Å². The molecule has 2 N–H and O–H groups in total. The molecule has 0 atom stereocenters. The fourth-order valence-electron chi connectivity index (χ4n) is 2.63. The first-order chi connectivity index (χ1) is 12.6. The molecule has 0 saturated heterocycles. The van der Waals surface area contributed by atoms with Crippen LogP contribution in [0.5, 0.6) is 0 Å². The summed E-state index contributed by atoms with van der Waals surface area (Å²) < 4.78 is 0. The summed E-state index contributed by atoms with van der Waals surface area (Å²) in [5.74, 6) is -0.387. The van der Waals surface area contributed by atoms with Gasteiger partial charge in [-0.2, -0.15) is 0 Å². The normalized spacial score (nSPS) is 10.3. The molecule has 0 bridgehead atoms. The molecule has 0 spiro atoms. The van der Waals surface area contributed by atoms with Crippen molar-refractivity contribution in [2.75, 3.05) is 11.9 Å². The predicted octanol–water partition coefficient (Wildman–Crippen LogP) is 4.28. The first-order valence-corrected chi connectivity index (χ1v) is 9.29. The summed E-state index contributed by atoms with van der Waals surface area (Å²) in [5, 5.41) is 7.65. The summed E-state index contributed by atoms with van der Waals surface area (Å²) in [6.07, 6.45) is 0.759. The molecule has 0 fully saturated rings. The number of carbonyl (C=O) groups is 2. The number of hydrogen-bond acceptors (Lipinski definition) is 3. The number of rotatable bonds is 6. The molecule has 0 aliphatic carbocycles. The van der Waals surface area contributed by atoms with Gasteiger partial charge in [0.25, 0.3) is 11.8 Å². The quantitative estimate of drug-likeness (QED) is 0.686. The first kappa shape index (κ1) is 17.9. The lowest BCUT2D eigenvalue weighted by Gasteiger charge is -2.11. The Hall–Kier alpha value is -2.92. The highest BCUT2D eigenvalue weighted by atomic mass is 32.1. The monoisotopic (exact) mass is 364 g/mol.